The second kappa shape index (κ2) is 3.37. The maximum Gasteiger partial charge on any atom is 0.543 e. The molecule has 0 bridgehead atoms. The van der Waals surface area contributed by atoms with Crippen molar-refractivity contribution in [1.82, 2.24) is 14.8 Å². The highest BCUT2D eigenvalue weighted by Crippen LogP contribution is 2.34. The topological polar surface area (TPSA) is 76.9 Å². The van der Waals surface area contributed by atoms with E-state index in [0.29, 0.717) is 11.6 Å². The van der Waals surface area contributed by atoms with Gasteiger partial charge in [-0.1, -0.05) is 0 Å². The Bertz CT molecular complexity index is 568. The zero-order valence-electron chi connectivity index (χ0n) is 11.6. The molecule has 1 aliphatic rings. The number of hydrogen-bond acceptors (Lipinski definition) is 4. The summed E-state index contributed by atoms with van der Waals surface area (Å²) >= 11 is 0. The Morgan fingerprint density at radius 2 is 1.72 bits per heavy atom. The van der Waals surface area contributed by atoms with Gasteiger partial charge in [-0.15, -0.1) is 14.9 Å². The van der Waals surface area contributed by atoms with Crippen molar-refractivity contribution >= 4 is 5.84 Å². The summed E-state index contributed by atoms with van der Waals surface area (Å²) in [5.74, 6) is 0.978. The van der Waals surface area contributed by atoms with Crippen molar-refractivity contribution < 1.29 is 9.50 Å². The number of aryl methyl sites for hydroxylation is 1. The first kappa shape index (κ1) is 12.7. The van der Waals surface area contributed by atoms with Gasteiger partial charge in [0.05, 0.1) is 0 Å². The maximum absolute atomic E-state index is 12.4. The van der Waals surface area contributed by atoms with Crippen LogP contribution in [0.1, 0.15) is 39.3 Å². The van der Waals surface area contributed by atoms with Crippen LogP contribution in [0.4, 0.5) is 0 Å². The van der Waals surface area contributed by atoms with Crippen molar-refractivity contribution in [2.45, 2.75) is 45.7 Å². The van der Waals surface area contributed by atoms with E-state index in [9.17, 15) is 10.1 Å². The first-order valence-electron chi connectivity index (χ1n) is 5.80. The number of nitroso groups, excluding NO2 is 1. The van der Waals surface area contributed by atoms with E-state index in [2.05, 4.69) is 10.2 Å². The quantitative estimate of drug-likeness (QED) is 0.545. The second-order valence-corrected chi connectivity index (χ2v) is 5.66. The van der Waals surface area contributed by atoms with E-state index in [1.165, 1.54) is 0 Å². The zero-order valence-corrected chi connectivity index (χ0v) is 11.6. The van der Waals surface area contributed by atoms with Crippen molar-refractivity contribution in [3.8, 4) is 0 Å². The number of amidine groups is 1. The Balaban J connectivity index is 2.69. The third-order valence-electron chi connectivity index (χ3n) is 4.19. The summed E-state index contributed by atoms with van der Waals surface area (Å²) in [4.78, 5) is 12.4. The highest BCUT2D eigenvalue weighted by atomic mass is 16.5. The molecule has 0 saturated heterocycles. The molecular weight excluding hydrogens is 234 g/mol. The molecule has 0 atom stereocenters. The molecule has 0 spiro atoms. The third-order valence-corrected chi connectivity index (χ3v) is 4.19. The fourth-order valence-corrected chi connectivity index (χ4v) is 1.89. The summed E-state index contributed by atoms with van der Waals surface area (Å²) in [6.07, 6.45) is 0. The van der Waals surface area contributed by atoms with E-state index in [-0.39, 0.29) is 5.84 Å². The van der Waals surface area contributed by atoms with Crippen LogP contribution < -0.4 is 0 Å². The van der Waals surface area contributed by atoms with Gasteiger partial charge in [0, 0.05) is 39.6 Å². The van der Waals surface area contributed by atoms with Crippen LogP contribution in [0.15, 0.2) is 0 Å². The predicted octanol–water partition coefficient (Wildman–Crippen LogP) is 0.730. The van der Waals surface area contributed by atoms with Crippen LogP contribution >= 0.6 is 0 Å². The predicted molar refractivity (Wildman–Crippen MR) is 65.3 cm³/mol. The van der Waals surface area contributed by atoms with Gasteiger partial charge in [0.25, 0.3) is 5.54 Å². The van der Waals surface area contributed by atoms with Crippen LogP contribution in [-0.2, 0) is 7.05 Å². The molecule has 18 heavy (non-hydrogen) atoms. The molecule has 0 radical (unpaired) electrons. The highest BCUT2D eigenvalue weighted by Gasteiger charge is 2.69. The summed E-state index contributed by atoms with van der Waals surface area (Å²) < 4.78 is 3.12. The summed E-state index contributed by atoms with van der Waals surface area (Å²) in [6.45, 7) is 8.77. The standard InChI is InChI=1S/C11H18N5O2/c1-7-12-13-8(14(7)6)9-15(17)10(2,3)11(4,5)16(9)18/h1-6H3/q+1. The summed E-state index contributed by atoms with van der Waals surface area (Å²) in [5, 5.41) is 20.2. The van der Waals surface area contributed by atoms with Gasteiger partial charge >= 0.3 is 11.7 Å². The molecule has 0 saturated carbocycles. The average Bonchev–Trinajstić information content (AvgIpc) is 2.64. The van der Waals surface area contributed by atoms with E-state index < -0.39 is 11.1 Å². The van der Waals surface area contributed by atoms with E-state index in [1.54, 1.807) is 46.2 Å². The van der Waals surface area contributed by atoms with E-state index in [4.69, 9.17) is 0 Å². The zero-order chi connectivity index (χ0) is 13.9. The number of aromatic nitrogens is 3. The normalized spacial score (nSPS) is 21.8. The molecule has 0 N–H and O–H groups in total. The molecule has 1 aromatic rings. The molecule has 1 aliphatic heterocycles. The molecule has 7 heteroatoms. The van der Waals surface area contributed by atoms with Gasteiger partial charge in [0.15, 0.2) is 0 Å². The molecule has 98 valence electrons. The molecule has 7 nitrogen and oxygen atoms in total. The lowest BCUT2D eigenvalue weighted by atomic mass is 9.84. The number of hydroxylamine groups is 1. The lowest BCUT2D eigenvalue weighted by molar-refractivity contribution is -0.555. The summed E-state index contributed by atoms with van der Waals surface area (Å²) in [7, 11) is 1.73. The average molecular weight is 252 g/mol. The second-order valence-electron chi connectivity index (χ2n) is 5.66. The SMILES string of the molecule is Cc1nnc(C2=[N+]([O-])C(C)(C)C(C)(C)[N+]2=O)n1C. The lowest BCUT2D eigenvalue weighted by Crippen LogP contribution is -2.50. The minimum Gasteiger partial charge on any atom is -0.618 e. The first-order chi connectivity index (χ1) is 8.12. The Morgan fingerprint density at radius 3 is 2.06 bits per heavy atom. The van der Waals surface area contributed by atoms with Gasteiger partial charge in [-0.2, -0.15) is 0 Å². The van der Waals surface area contributed by atoms with Crippen molar-refractivity contribution in [2.24, 2.45) is 7.05 Å². The molecule has 2 heterocycles. The van der Waals surface area contributed by atoms with Crippen molar-refractivity contribution in [2.75, 3.05) is 0 Å². The molecule has 1 aromatic heterocycles. The fourth-order valence-electron chi connectivity index (χ4n) is 1.89. The fraction of sp³-hybridized carbons (Fsp3) is 0.727. The Labute approximate surface area is 105 Å². The monoisotopic (exact) mass is 252 g/mol. The van der Waals surface area contributed by atoms with Crippen LogP contribution in [0.5, 0.6) is 0 Å². The molecule has 0 fully saturated rings. The molecule has 0 unspecified atom stereocenters. The highest BCUT2D eigenvalue weighted by molar-refractivity contribution is 5.85. The van der Waals surface area contributed by atoms with E-state index >= 15 is 0 Å². The van der Waals surface area contributed by atoms with Crippen LogP contribution in [-0.4, -0.2) is 41.2 Å². The van der Waals surface area contributed by atoms with Gasteiger partial charge in [-0.05, 0) is 6.92 Å². The van der Waals surface area contributed by atoms with E-state index in [1.807, 2.05) is 0 Å². The van der Waals surface area contributed by atoms with Crippen molar-refractivity contribution in [3.63, 3.8) is 0 Å². The Hall–Kier alpha value is -1.79. The van der Waals surface area contributed by atoms with Gasteiger partial charge < -0.3 is 9.77 Å². The smallest absolute Gasteiger partial charge is 0.543 e. The maximum atomic E-state index is 12.4. The lowest BCUT2D eigenvalue weighted by Gasteiger charge is -2.22. The Kier molecular flexibility index (Phi) is 2.37. The Morgan fingerprint density at radius 1 is 1.17 bits per heavy atom. The van der Waals surface area contributed by atoms with Gasteiger partial charge in [-0.3, -0.25) is 0 Å². The van der Waals surface area contributed by atoms with Crippen molar-refractivity contribution in [3.05, 3.63) is 21.8 Å². The van der Waals surface area contributed by atoms with Gasteiger partial charge in [0.1, 0.15) is 10.6 Å². The largest absolute Gasteiger partial charge is 0.618 e. The molecule has 0 amide bonds. The molecule has 0 aliphatic carbocycles. The van der Waals surface area contributed by atoms with Crippen LogP contribution in [0, 0.1) is 17.0 Å². The molecular formula is C11H18N5O2+. The molecule has 2 rings (SSSR count). The first-order valence-corrected chi connectivity index (χ1v) is 5.80. The van der Waals surface area contributed by atoms with Gasteiger partial charge in [0.2, 0.25) is 5.54 Å². The third kappa shape index (κ3) is 1.27. The van der Waals surface area contributed by atoms with Crippen LogP contribution in [0.3, 0.4) is 0 Å². The summed E-state index contributed by atoms with van der Waals surface area (Å²) in [5.41, 5.74) is -1.66. The summed E-state index contributed by atoms with van der Waals surface area (Å²) in [6, 6.07) is 0. The van der Waals surface area contributed by atoms with Crippen LogP contribution in [0.25, 0.3) is 0 Å². The minimum atomic E-state index is -0.829. The number of rotatable bonds is 1. The van der Waals surface area contributed by atoms with Gasteiger partial charge in [-0.25, -0.2) is 0 Å². The van der Waals surface area contributed by atoms with Crippen molar-refractivity contribution in [1.29, 1.82) is 0 Å². The number of nitrogens with zero attached hydrogens (tertiary/aromatic N) is 5. The minimum absolute atomic E-state index is 0.0214. The number of hydrogen-bond donors (Lipinski definition) is 0. The molecule has 0 aromatic carbocycles. The van der Waals surface area contributed by atoms with Crippen LogP contribution in [0.2, 0.25) is 0 Å². The van der Waals surface area contributed by atoms with E-state index in [0.717, 1.165) is 9.50 Å².